The van der Waals surface area contributed by atoms with Crippen molar-refractivity contribution in [1.29, 1.82) is 0 Å². The molecule has 0 saturated carbocycles. The van der Waals surface area contributed by atoms with Gasteiger partial charge in [0.1, 0.15) is 12.2 Å². The first-order valence-corrected chi connectivity index (χ1v) is 10.7. The van der Waals surface area contributed by atoms with Crippen LogP contribution in [0.25, 0.3) is 10.9 Å². The Bertz CT molecular complexity index is 1110. The summed E-state index contributed by atoms with van der Waals surface area (Å²) in [6.45, 7) is 5.69. The normalized spacial score (nSPS) is 12.4. The van der Waals surface area contributed by atoms with E-state index in [1.54, 1.807) is 20.8 Å². The van der Waals surface area contributed by atoms with E-state index in [4.69, 9.17) is 15.2 Å². The summed E-state index contributed by atoms with van der Waals surface area (Å²) in [5.41, 5.74) is 8.34. The maximum absolute atomic E-state index is 13.2. The van der Waals surface area contributed by atoms with E-state index in [1.807, 2.05) is 60.8 Å². The Hall–Kier alpha value is -3.38. The van der Waals surface area contributed by atoms with Gasteiger partial charge in [0.15, 0.2) is 0 Å². The number of benzene rings is 2. The molecule has 3 aromatic rings. The molecule has 3 N–H and O–H groups in total. The van der Waals surface area contributed by atoms with Gasteiger partial charge in [-0.15, -0.1) is 0 Å². The molecule has 0 unspecified atom stereocenters. The summed E-state index contributed by atoms with van der Waals surface area (Å²) in [7, 11) is 0. The molecule has 0 bridgehead atoms. The van der Waals surface area contributed by atoms with E-state index < -0.39 is 17.5 Å². The van der Waals surface area contributed by atoms with Crippen molar-refractivity contribution in [3.8, 4) is 0 Å². The molecule has 0 radical (unpaired) electrons. The highest BCUT2D eigenvalue weighted by Crippen LogP contribution is 2.25. The maximum atomic E-state index is 13.2. The Balaban J connectivity index is 1.98. The van der Waals surface area contributed by atoms with Gasteiger partial charge in [0, 0.05) is 29.1 Å². The van der Waals surface area contributed by atoms with Crippen molar-refractivity contribution >= 4 is 22.8 Å². The molecule has 0 aliphatic rings. The van der Waals surface area contributed by atoms with Crippen molar-refractivity contribution < 1.29 is 19.1 Å². The lowest BCUT2D eigenvalue weighted by Crippen LogP contribution is -2.28. The summed E-state index contributed by atoms with van der Waals surface area (Å²) >= 11 is 0. The van der Waals surface area contributed by atoms with Gasteiger partial charge in [0.25, 0.3) is 0 Å². The van der Waals surface area contributed by atoms with E-state index in [2.05, 4.69) is 4.98 Å². The van der Waals surface area contributed by atoms with Crippen LogP contribution >= 0.6 is 0 Å². The summed E-state index contributed by atoms with van der Waals surface area (Å²) in [4.78, 5) is 29.4. The molecule has 0 amide bonds. The third kappa shape index (κ3) is 6.08. The standard InChI is InChI=1S/C26H30N2O4/c1-26(2,3)32-25(30)21(13-14-27)22(24(29)31-17-18-9-5-4-6-10-18)15-19-16-28-23-12-8-7-11-20(19)23/h4-12,16,28H,13-15,17,27H2,1-3H3. The van der Waals surface area contributed by atoms with Crippen LogP contribution in [0.5, 0.6) is 0 Å². The molecule has 168 valence electrons. The Labute approximate surface area is 188 Å². The van der Waals surface area contributed by atoms with Crippen LogP contribution < -0.4 is 5.73 Å². The van der Waals surface area contributed by atoms with Crippen molar-refractivity contribution in [1.82, 2.24) is 4.98 Å². The van der Waals surface area contributed by atoms with Crippen LogP contribution in [0, 0.1) is 0 Å². The molecule has 32 heavy (non-hydrogen) atoms. The average molecular weight is 435 g/mol. The number of H-pyrrole nitrogens is 1. The molecule has 1 heterocycles. The first-order chi connectivity index (χ1) is 15.3. The Morgan fingerprint density at radius 2 is 1.62 bits per heavy atom. The van der Waals surface area contributed by atoms with Crippen molar-refractivity contribution in [3.63, 3.8) is 0 Å². The van der Waals surface area contributed by atoms with Gasteiger partial charge in [-0.05, 0) is 50.9 Å². The SMILES string of the molecule is CC(C)(C)OC(=O)C(CCN)=C(Cc1c[nH]c2ccccc12)C(=O)OCc1ccccc1. The number of aromatic amines is 1. The van der Waals surface area contributed by atoms with Crippen LogP contribution in [0.15, 0.2) is 71.9 Å². The highest BCUT2D eigenvalue weighted by atomic mass is 16.6. The highest BCUT2D eigenvalue weighted by molar-refractivity contribution is 6.01. The minimum absolute atomic E-state index is 0.112. The van der Waals surface area contributed by atoms with Crippen LogP contribution in [0.3, 0.4) is 0 Å². The number of nitrogens with one attached hydrogen (secondary N) is 1. The molecule has 2 aromatic carbocycles. The monoisotopic (exact) mass is 434 g/mol. The smallest absolute Gasteiger partial charge is 0.335 e. The van der Waals surface area contributed by atoms with Crippen LogP contribution in [-0.4, -0.2) is 29.1 Å². The quantitative estimate of drug-likeness (QED) is 0.404. The number of para-hydroxylation sites is 1. The fourth-order valence-electron chi connectivity index (χ4n) is 3.44. The van der Waals surface area contributed by atoms with E-state index in [1.165, 1.54) is 0 Å². The molecule has 0 aliphatic heterocycles. The molecule has 0 fully saturated rings. The van der Waals surface area contributed by atoms with Crippen LogP contribution in [-0.2, 0) is 32.1 Å². The van der Waals surface area contributed by atoms with Gasteiger partial charge >= 0.3 is 11.9 Å². The molecule has 1 aromatic heterocycles. The lowest BCUT2D eigenvalue weighted by Gasteiger charge is -2.22. The second kappa shape index (κ2) is 10.3. The number of aromatic nitrogens is 1. The minimum atomic E-state index is -0.698. The minimum Gasteiger partial charge on any atom is -0.457 e. The number of carbonyl (C=O) groups excluding carboxylic acids is 2. The summed E-state index contributed by atoms with van der Waals surface area (Å²) in [6.07, 6.45) is 2.30. The lowest BCUT2D eigenvalue weighted by molar-refractivity contribution is -0.151. The zero-order valence-electron chi connectivity index (χ0n) is 18.8. The van der Waals surface area contributed by atoms with Crippen molar-refractivity contribution in [2.45, 2.75) is 45.8 Å². The van der Waals surface area contributed by atoms with Gasteiger partial charge in [-0.3, -0.25) is 0 Å². The fraction of sp³-hybridized carbons (Fsp3) is 0.308. The highest BCUT2D eigenvalue weighted by Gasteiger charge is 2.27. The third-order valence-electron chi connectivity index (χ3n) is 4.91. The van der Waals surface area contributed by atoms with Gasteiger partial charge in [-0.2, -0.15) is 0 Å². The Morgan fingerprint density at radius 3 is 2.31 bits per heavy atom. The second-order valence-corrected chi connectivity index (χ2v) is 8.60. The largest absolute Gasteiger partial charge is 0.457 e. The van der Waals surface area contributed by atoms with Gasteiger partial charge < -0.3 is 20.2 Å². The Kier molecular flexibility index (Phi) is 7.49. The molecule has 3 rings (SSSR count). The van der Waals surface area contributed by atoms with Crippen molar-refractivity contribution in [2.75, 3.05) is 6.54 Å². The zero-order valence-corrected chi connectivity index (χ0v) is 18.8. The number of rotatable bonds is 8. The topological polar surface area (TPSA) is 94.4 Å². The molecule has 0 saturated heterocycles. The van der Waals surface area contributed by atoms with Crippen molar-refractivity contribution in [3.05, 3.63) is 83.1 Å². The summed E-state index contributed by atoms with van der Waals surface area (Å²) in [5, 5.41) is 0.983. The van der Waals surface area contributed by atoms with Crippen molar-refractivity contribution in [2.24, 2.45) is 5.73 Å². The van der Waals surface area contributed by atoms with E-state index in [9.17, 15) is 9.59 Å². The summed E-state index contributed by atoms with van der Waals surface area (Å²) in [5.74, 6) is -1.09. The van der Waals surface area contributed by atoms with Crippen LogP contribution in [0.1, 0.15) is 38.3 Å². The van der Waals surface area contributed by atoms with Crippen LogP contribution in [0.4, 0.5) is 0 Å². The first-order valence-electron chi connectivity index (χ1n) is 10.7. The lowest BCUT2D eigenvalue weighted by atomic mass is 9.97. The first kappa shape index (κ1) is 23.3. The molecule has 6 heteroatoms. The molecule has 0 atom stereocenters. The predicted molar refractivity (Wildman–Crippen MR) is 125 cm³/mol. The van der Waals surface area contributed by atoms with Crippen LogP contribution in [0.2, 0.25) is 0 Å². The van der Waals surface area contributed by atoms with E-state index in [0.29, 0.717) is 0 Å². The predicted octanol–water partition coefficient (Wildman–Crippen LogP) is 4.44. The van der Waals surface area contributed by atoms with E-state index in [-0.39, 0.29) is 37.1 Å². The number of hydrogen-bond acceptors (Lipinski definition) is 5. The third-order valence-corrected chi connectivity index (χ3v) is 4.91. The number of ether oxygens (including phenoxy) is 2. The van der Waals surface area contributed by atoms with E-state index in [0.717, 1.165) is 22.0 Å². The number of esters is 2. The molecule has 0 spiro atoms. The molecule has 0 aliphatic carbocycles. The maximum Gasteiger partial charge on any atom is 0.335 e. The number of fused-ring (bicyclic) bond motifs is 1. The molecular formula is C26H30N2O4. The summed E-state index contributed by atoms with van der Waals surface area (Å²) in [6, 6.07) is 17.2. The molecular weight excluding hydrogens is 404 g/mol. The molecule has 6 nitrogen and oxygen atoms in total. The average Bonchev–Trinajstić information content (AvgIpc) is 3.17. The van der Waals surface area contributed by atoms with E-state index >= 15 is 0 Å². The van der Waals surface area contributed by atoms with Gasteiger partial charge in [-0.25, -0.2) is 9.59 Å². The van der Waals surface area contributed by atoms with Gasteiger partial charge in [0.2, 0.25) is 0 Å². The Morgan fingerprint density at radius 1 is 0.938 bits per heavy atom. The number of nitrogens with two attached hydrogens (primary N) is 1. The zero-order chi connectivity index (χ0) is 23.1. The van der Waals surface area contributed by atoms with Gasteiger partial charge in [0.05, 0.1) is 5.57 Å². The van der Waals surface area contributed by atoms with Gasteiger partial charge in [-0.1, -0.05) is 48.5 Å². The number of carbonyl (C=O) groups is 2. The number of hydrogen-bond donors (Lipinski definition) is 2. The fourth-order valence-corrected chi connectivity index (χ4v) is 3.44. The summed E-state index contributed by atoms with van der Waals surface area (Å²) < 4.78 is 11.2. The second-order valence-electron chi connectivity index (χ2n) is 8.60.